The van der Waals surface area contributed by atoms with Gasteiger partial charge < -0.3 is 20.1 Å². The SMILES string of the molecule is CN=C(NCc1cc2c(cc1OC)CC(C)O2)NC(C)C(C)C. The highest BCUT2D eigenvalue weighted by Crippen LogP contribution is 2.34. The van der Waals surface area contributed by atoms with Crippen molar-refractivity contribution in [3.63, 3.8) is 0 Å². The Morgan fingerprint density at radius 1 is 1.39 bits per heavy atom. The van der Waals surface area contributed by atoms with Crippen LogP contribution in [-0.2, 0) is 13.0 Å². The molecular weight excluding hydrogens is 290 g/mol. The molecule has 0 aliphatic carbocycles. The monoisotopic (exact) mass is 319 g/mol. The fourth-order valence-electron chi connectivity index (χ4n) is 2.57. The summed E-state index contributed by atoms with van der Waals surface area (Å²) in [6, 6.07) is 4.51. The minimum absolute atomic E-state index is 0.235. The number of nitrogens with one attached hydrogen (secondary N) is 2. The van der Waals surface area contributed by atoms with Gasteiger partial charge >= 0.3 is 0 Å². The van der Waals surface area contributed by atoms with E-state index in [0.29, 0.717) is 18.5 Å². The average molecular weight is 319 g/mol. The molecule has 0 saturated heterocycles. The largest absolute Gasteiger partial charge is 0.496 e. The van der Waals surface area contributed by atoms with Crippen LogP contribution in [0.25, 0.3) is 0 Å². The number of hydrogen-bond donors (Lipinski definition) is 2. The zero-order valence-corrected chi connectivity index (χ0v) is 15.1. The van der Waals surface area contributed by atoms with Gasteiger partial charge in [-0.1, -0.05) is 13.8 Å². The minimum Gasteiger partial charge on any atom is -0.496 e. The number of benzene rings is 1. The Balaban J connectivity index is 2.06. The molecule has 0 aromatic heterocycles. The molecular formula is C18H29N3O2. The smallest absolute Gasteiger partial charge is 0.191 e. The molecule has 0 amide bonds. The zero-order chi connectivity index (χ0) is 17.0. The fraction of sp³-hybridized carbons (Fsp3) is 0.611. The lowest BCUT2D eigenvalue weighted by atomic mass is 10.1. The van der Waals surface area contributed by atoms with Crippen molar-refractivity contribution in [2.24, 2.45) is 10.9 Å². The van der Waals surface area contributed by atoms with Gasteiger partial charge in [-0.15, -0.1) is 0 Å². The van der Waals surface area contributed by atoms with Gasteiger partial charge in [0, 0.05) is 37.2 Å². The van der Waals surface area contributed by atoms with Crippen LogP contribution < -0.4 is 20.1 Å². The van der Waals surface area contributed by atoms with E-state index in [1.165, 1.54) is 5.56 Å². The highest BCUT2D eigenvalue weighted by Gasteiger charge is 2.21. The van der Waals surface area contributed by atoms with E-state index >= 15 is 0 Å². The molecule has 128 valence electrons. The summed E-state index contributed by atoms with van der Waals surface area (Å²) in [5.74, 6) is 3.19. The van der Waals surface area contributed by atoms with Gasteiger partial charge in [0.2, 0.25) is 0 Å². The van der Waals surface area contributed by atoms with Gasteiger partial charge in [0.05, 0.1) is 7.11 Å². The number of aliphatic imine (C=N–C) groups is 1. The summed E-state index contributed by atoms with van der Waals surface area (Å²) in [5, 5.41) is 6.75. The molecule has 1 aromatic rings. The highest BCUT2D eigenvalue weighted by atomic mass is 16.5. The number of methoxy groups -OCH3 is 1. The number of nitrogens with zero attached hydrogens (tertiary/aromatic N) is 1. The molecule has 0 spiro atoms. The Labute approximate surface area is 139 Å². The van der Waals surface area contributed by atoms with Crippen LogP contribution in [0.4, 0.5) is 0 Å². The molecule has 0 radical (unpaired) electrons. The predicted octanol–water partition coefficient (Wildman–Crippen LogP) is 2.73. The van der Waals surface area contributed by atoms with Crippen molar-refractivity contribution in [2.45, 2.75) is 52.8 Å². The summed E-state index contributed by atoms with van der Waals surface area (Å²) in [6.07, 6.45) is 1.17. The van der Waals surface area contributed by atoms with Crippen LogP contribution in [0.2, 0.25) is 0 Å². The molecule has 1 aliphatic heterocycles. The fourth-order valence-corrected chi connectivity index (χ4v) is 2.57. The zero-order valence-electron chi connectivity index (χ0n) is 15.1. The molecule has 2 rings (SSSR count). The van der Waals surface area contributed by atoms with Crippen molar-refractivity contribution >= 4 is 5.96 Å². The van der Waals surface area contributed by atoms with Crippen LogP contribution in [0.5, 0.6) is 11.5 Å². The summed E-state index contributed by atoms with van der Waals surface area (Å²) in [7, 11) is 3.49. The topological polar surface area (TPSA) is 54.9 Å². The van der Waals surface area contributed by atoms with Crippen molar-refractivity contribution in [3.05, 3.63) is 23.3 Å². The van der Waals surface area contributed by atoms with Crippen molar-refractivity contribution in [1.82, 2.24) is 10.6 Å². The van der Waals surface area contributed by atoms with Gasteiger partial charge in [0.1, 0.15) is 17.6 Å². The van der Waals surface area contributed by atoms with Crippen LogP contribution in [0.1, 0.15) is 38.8 Å². The third-order valence-corrected chi connectivity index (χ3v) is 4.33. The Hall–Kier alpha value is -1.91. The first-order chi connectivity index (χ1) is 10.9. The van der Waals surface area contributed by atoms with E-state index in [1.807, 2.05) is 0 Å². The summed E-state index contributed by atoms with van der Waals surface area (Å²) in [5.41, 5.74) is 2.29. The molecule has 5 heteroatoms. The molecule has 2 N–H and O–H groups in total. The summed E-state index contributed by atoms with van der Waals surface area (Å²) in [6.45, 7) is 9.25. The third-order valence-electron chi connectivity index (χ3n) is 4.33. The highest BCUT2D eigenvalue weighted by molar-refractivity contribution is 5.80. The standard InChI is InChI=1S/C18H29N3O2/c1-11(2)13(4)21-18(19-5)20-10-15-9-17-14(7-12(3)23-17)8-16(15)22-6/h8-9,11-13H,7,10H2,1-6H3,(H2,19,20,21). The van der Waals surface area contributed by atoms with E-state index in [1.54, 1.807) is 14.2 Å². The Bertz CT molecular complexity index is 570. The van der Waals surface area contributed by atoms with Crippen molar-refractivity contribution in [2.75, 3.05) is 14.2 Å². The van der Waals surface area contributed by atoms with E-state index < -0.39 is 0 Å². The van der Waals surface area contributed by atoms with Gasteiger partial charge in [-0.3, -0.25) is 4.99 Å². The van der Waals surface area contributed by atoms with Crippen molar-refractivity contribution in [1.29, 1.82) is 0 Å². The molecule has 2 unspecified atom stereocenters. The number of fused-ring (bicyclic) bond motifs is 1. The molecule has 2 atom stereocenters. The maximum Gasteiger partial charge on any atom is 0.191 e. The molecule has 5 nitrogen and oxygen atoms in total. The van der Waals surface area contributed by atoms with Crippen LogP contribution in [0, 0.1) is 5.92 Å². The predicted molar refractivity (Wildman–Crippen MR) is 94.4 cm³/mol. The second-order valence-electron chi connectivity index (χ2n) is 6.51. The maximum atomic E-state index is 5.85. The molecule has 1 aromatic carbocycles. The van der Waals surface area contributed by atoms with Gasteiger partial charge in [-0.2, -0.15) is 0 Å². The summed E-state index contributed by atoms with van der Waals surface area (Å²) in [4.78, 5) is 4.29. The van der Waals surface area contributed by atoms with Gasteiger partial charge in [0.15, 0.2) is 5.96 Å². The number of guanidine groups is 1. The first-order valence-corrected chi connectivity index (χ1v) is 8.28. The van der Waals surface area contributed by atoms with Crippen LogP contribution in [0.15, 0.2) is 17.1 Å². The van der Waals surface area contributed by atoms with Gasteiger partial charge in [0.25, 0.3) is 0 Å². The van der Waals surface area contributed by atoms with Crippen molar-refractivity contribution in [3.8, 4) is 11.5 Å². The lowest BCUT2D eigenvalue weighted by molar-refractivity contribution is 0.254. The second kappa shape index (κ2) is 7.57. The molecule has 0 bridgehead atoms. The van der Waals surface area contributed by atoms with Gasteiger partial charge in [-0.25, -0.2) is 0 Å². The van der Waals surface area contributed by atoms with Crippen molar-refractivity contribution < 1.29 is 9.47 Å². The van der Waals surface area contributed by atoms with E-state index in [4.69, 9.17) is 9.47 Å². The van der Waals surface area contributed by atoms with E-state index in [9.17, 15) is 0 Å². The van der Waals surface area contributed by atoms with E-state index in [-0.39, 0.29) is 6.10 Å². The summed E-state index contributed by atoms with van der Waals surface area (Å²) < 4.78 is 11.4. The second-order valence-corrected chi connectivity index (χ2v) is 6.51. The van der Waals surface area contributed by atoms with Crippen LogP contribution in [0.3, 0.4) is 0 Å². The third kappa shape index (κ3) is 4.30. The lowest BCUT2D eigenvalue weighted by Gasteiger charge is -2.21. The number of hydrogen-bond acceptors (Lipinski definition) is 3. The molecule has 23 heavy (non-hydrogen) atoms. The van der Waals surface area contributed by atoms with Crippen LogP contribution in [-0.4, -0.2) is 32.3 Å². The Morgan fingerprint density at radius 3 is 2.74 bits per heavy atom. The van der Waals surface area contributed by atoms with Gasteiger partial charge in [-0.05, 0) is 31.9 Å². The summed E-state index contributed by atoms with van der Waals surface area (Å²) >= 11 is 0. The maximum absolute atomic E-state index is 5.85. The molecule has 1 aliphatic rings. The lowest BCUT2D eigenvalue weighted by Crippen LogP contribution is -2.43. The molecule has 0 saturated carbocycles. The first kappa shape index (κ1) is 17.4. The average Bonchev–Trinajstić information content (AvgIpc) is 2.88. The normalized spacial score (nSPS) is 18.4. The quantitative estimate of drug-likeness (QED) is 0.647. The Morgan fingerprint density at radius 2 is 2.13 bits per heavy atom. The number of rotatable bonds is 5. The van der Waals surface area contributed by atoms with Crippen LogP contribution >= 0.6 is 0 Å². The minimum atomic E-state index is 0.235. The Kier molecular flexibility index (Phi) is 5.74. The number of ether oxygens (including phenoxy) is 2. The van der Waals surface area contributed by atoms with E-state index in [0.717, 1.165) is 29.4 Å². The molecule has 0 fully saturated rings. The first-order valence-electron chi connectivity index (χ1n) is 8.28. The van der Waals surface area contributed by atoms with E-state index in [2.05, 4.69) is 55.5 Å². The molecule has 1 heterocycles.